The first-order chi connectivity index (χ1) is 5.84. The minimum absolute atomic E-state index is 0.226. The summed E-state index contributed by atoms with van der Waals surface area (Å²) in [5.41, 5.74) is 1.33. The van der Waals surface area contributed by atoms with Crippen LogP contribution in [0.5, 0.6) is 0 Å². The van der Waals surface area contributed by atoms with E-state index in [0.717, 1.165) is 13.1 Å². The Morgan fingerprint density at radius 3 is 3.00 bits per heavy atom. The van der Waals surface area contributed by atoms with Gasteiger partial charge >= 0.3 is 0 Å². The molecule has 0 radical (unpaired) electrons. The number of hydrogen-bond donors (Lipinski definition) is 1. The Balaban J connectivity index is 2.20. The summed E-state index contributed by atoms with van der Waals surface area (Å²) in [5, 5.41) is 5.28. The van der Waals surface area contributed by atoms with E-state index in [1.807, 2.05) is 0 Å². The minimum atomic E-state index is -0.226. The summed E-state index contributed by atoms with van der Waals surface area (Å²) in [7, 11) is 0. The van der Waals surface area contributed by atoms with Crippen molar-refractivity contribution in [2.45, 2.75) is 19.9 Å². The first-order valence-corrected chi connectivity index (χ1v) is 5.02. The maximum absolute atomic E-state index is 11.7. The standard InChI is InChI=1S/C9H14FNS/c1-8-3-6-12-9(8)7-11-5-2-4-10/h3,6,11H,2,4-5,7H2,1H3. The van der Waals surface area contributed by atoms with Gasteiger partial charge in [0.15, 0.2) is 0 Å². The van der Waals surface area contributed by atoms with Gasteiger partial charge in [0.05, 0.1) is 6.67 Å². The Morgan fingerprint density at radius 2 is 2.42 bits per heavy atom. The van der Waals surface area contributed by atoms with Gasteiger partial charge in [-0.15, -0.1) is 11.3 Å². The predicted molar refractivity (Wildman–Crippen MR) is 51.4 cm³/mol. The smallest absolute Gasteiger partial charge is 0.0906 e. The molecule has 1 nitrogen and oxygen atoms in total. The van der Waals surface area contributed by atoms with Gasteiger partial charge in [0.1, 0.15) is 0 Å². The molecule has 1 aromatic rings. The number of rotatable bonds is 5. The van der Waals surface area contributed by atoms with Gasteiger partial charge in [-0.25, -0.2) is 0 Å². The zero-order valence-electron chi connectivity index (χ0n) is 7.27. The summed E-state index contributed by atoms with van der Waals surface area (Å²) in [6, 6.07) is 2.11. The molecule has 0 atom stereocenters. The Morgan fingerprint density at radius 1 is 1.58 bits per heavy atom. The summed E-state index contributed by atoms with van der Waals surface area (Å²) >= 11 is 1.75. The first kappa shape index (κ1) is 9.68. The van der Waals surface area contributed by atoms with Crippen LogP contribution in [0.3, 0.4) is 0 Å². The largest absolute Gasteiger partial charge is 0.312 e. The van der Waals surface area contributed by atoms with Crippen LogP contribution in [-0.2, 0) is 6.54 Å². The van der Waals surface area contributed by atoms with Gasteiger partial charge in [0, 0.05) is 11.4 Å². The van der Waals surface area contributed by atoms with E-state index in [1.54, 1.807) is 11.3 Å². The highest BCUT2D eigenvalue weighted by molar-refractivity contribution is 7.10. The molecule has 0 spiro atoms. The first-order valence-electron chi connectivity index (χ1n) is 4.14. The van der Waals surface area contributed by atoms with Crippen LogP contribution in [0.4, 0.5) is 4.39 Å². The van der Waals surface area contributed by atoms with E-state index in [0.29, 0.717) is 6.42 Å². The van der Waals surface area contributed by atoms with Gasteiger partial charge in [-0.1, -0.05) is 0 Å². The van der Waals surface area contributed by atoms with E-state index in [1.165, 1.54) is 10.4 Å². The van der Waals surface area contributed by atoms with E-state index in [4.69, 9.17) is 0 Å². The fraction of sp³-hybridized carbons (Fsp3) is 0.556. The quantitative estimate of drug-likeness (QED) is 0.698. The maximum atomic E-state index is 11.7. The SMILES string of the molecule is Cc1ccsc1CNCCCF. The lowest BCUT2D eigenvalue weighted by atomic mass is 10.3. The second-order valence-electron chi connectivity index (χ2n) is 2.75. The van der Waals surface area contributed by atoms with Crippen LogP contribution >= 0.6 is 11.3 Å². The van der Waals surface area contributed by atoms with Crippen LogP contribution in [0.15, 0.2) is 11.4 Å². The van der Waals surface area contributed by atoms with Crippen molar-refractivity contribution in [3.8, 4) is 0 Å². The maximum Gasteiger partial charge on any atom is 0.0906 e. The lowest BCUT2D eigenvalue weighted by molar-refractivity contribution is 0.459. The molecular formula is C9H14FNS. The molecule has 0 amide bonds. The Labute approximate surface area is 76.6 Å². The predicted octanol–water partition coefficient (Wildman–Crippen LogP) is 2.51. The third kappa shape index (κ3) is 2.91. The van der Waals surface area contributed by atoms with Crippen LogP contribution in [0, 0.1) is 6.92 Å². The molecule has 0 aliphatic carbocycles. The molecule has 1 aromatic heterocycles. The van der Waals surface area contributed by atoms with E-state index in [2.05, 4.69) is 23.7 Å². The van der Waals surface area contributed by atoms with Crippen LogP contribution < -0.4 is 5.32 Å². The molecule has 68 valence electrons. The van der Waals surface area contributed by atoms with Crippen LogP contribution in [0.2, 0.25) is 0 Å². The van der Waals surface area contributed by atoms with E-state index < -0.39 is 0 Å². The lowest BCUT2D eigenvalue weighted by Gasteiger charge is -2.01. The Bertz CT molecular complexity index is 222. The van der Waals surface area contributed by atoms with Crippen molar-refractivity contribution in [3.05, 3.63) is 21.9 Å². The van der Waals surface area contributed by atoms with Crippen molar-refractivity contribution in [3.63, 3.8) is 0 Å². The third-order valence-corrected chi connectivity index (χ3v) is 2.76. The zero-order valence-corrected chi connectivity index (χ0v) is 8.09. The number of halogens is 1. The van der Waals surface area contributed by atoms with Crippen LogP contribution in [0.25, 0.3) is 0 Å². The topological polar surface area (TPSA) is 12.0 Å². The molecule has 0 saturated heterocycles. The summed E-state index contributed by atoms with van der Waals surface area (Å²) in [5.74, 6) is 0. The highest BCUT2D eigenvalue weighted by Crippen LogP contribution is 2.14. The molecule has 1 rings (SSSR count). The van der Waals surface area contributed by atoms with E-state index in [9.17, 15) is 4.39 Å². The van der Waals surface area contributed by atoms with Crippen molar-refractivity contribution < 1.29 is 4.39 Å². The van der Waals surface area contributed by atoms with Gasteiger partial charge in [0.25, 0.3) is 0 Å². The molecule has 12 heavy (non-hydrogen) atoms. The molecule has 0 unspecified atom stereocenters. The highest BCUT2D eigenvalue weighted by Gasteiger charge is 1.97. The molecule has 0 aliphatic rings. The van der Waals surface area contributed by atoms with Crippen molar-refractivity contribution >= 4 is 11.3 Å². The van der Waals surface area contributed by atoms with Crippen molar-refractivity contribution in [1.29, 1.82) is 0 Å². The Kier molecular flexibility index (Phi) is 4.25. The number of hydrogen-bond acceptors (Lipinski definition) is 2. The number of alkyl halides is 1. The molecule has 3 heteroatoms. The normalized spacial score (nSPS) is 10.5. The molecule has 0 saturated carbocycles. The molecule has 0 fully saturated rings. The fourth-order valence-corrected chi connectivity index (χ4v) is 1.85. The molecule has 1 heterocycles. The highest BCUT2D eigenvalue weighted by atomic mass is 32.1. The lowest BCUT2D eigenvalue weighted by Crippen LogP contribution is -2.14. The number of aryl methyl sites for hydroxylation is 1. The number of nitrogens with one attached hydrogen (secondary N) is 1. The van der Waals surface area contributed by atoms with Crippen LogP contribution in [-0.4, -0.2) is 13.2 Å². The fourth-order valence-electron chi connectivity index (χ4n) is 0.979. The van der Waals surface area contributed by atoms with Crippen molar-refractivity contribution in [2.24, 2.45) is 0 Å². The molecule has 1 N–H and O–H groups in total. The van der Waals surface area contributed by atoms with Gasteiger partial charge in [0.2, 0.25) is 0 Å². The summed E-state index contributed by atoms with van der Waals surface area (Å²) in [6.45, 7) is 3.52. The molecule has 0 bridgehead atoms. The van der Waals surface area contributed by atoms with Crippen molar-refractivity contribution in [1.82, 2.24) is 5.32 Å². The molecular weight excluding hydrogens is 173 g/mol. The van der Waals surface area contributed by atoms with Gasteiger partial charge < -0.3 is 5.32 Å². The van der Waals surface area contributed by atoms with E-state index in [-0.39, 0.29) is 6.67 Å². The van der Waals surface area contributed by atoms with Gasteiger partial charge in [-0.05, 0) is 36.9 Å². The average molecular weight is 187 g/mol. The summed E-state index contributed by atoms with van der Waals surface area (Å²) in [4.78, 5) is 1.36. The monoisotopic (exact) mass is 187 g/mol. The van der Waals surface area contributed by atoms with Gasteiger partial charge in [-0.2, -0.15) is 0 Å². The second-order valence-corrected chi connectivity index (χ2v) is 3.75. The van der Waals surface area contributed by atoms with Crippen LogP contribution in [0.1, 0.15) is 16.9 Å². The van der Waals surface area contributed by atoms with Crippen molar-refractivity contribution in [2.75, 3.05) is 13.2 Å². The van der Waals surface area contributed by atoms with Gasteiger partial charge in [-0.3, -0.25) is 4.39 Å². The molecule has 0 aromatic carbocycles. The summed E-state index contributed by atoms with van der Waals surface area (Å²) < 4.78 is 11.7. The zero-order chi connectivity index (χ0) is 8.81. The summed E-state index contributed by atoms with van der Waals surface area (Å²) in [6.07, 6.45) is 0.615. The third-order valence-electron chi connectivity index (χ3n) is 1.74. The average Bonchev–Trinajstić information content (AvgIpc) is 2.46. The second kappa shape index (κ2) is 5.27. The molecule has 0 aliphatic heterocycles. The Hall–Kier alpha value is -0.410. The minimum Gasteiger partial charge on any atom is -0.312 e. The number of thiophene rings is 1. The van der Waals surface area contributed by atoms with E-state index >= 15 is 0 Å².